The molecule has 18 heavy (non-hydrogen) atoms. The molecular weight excluding hydrogens is 232 g/mol. The summed E-state index contributed by atoms with van der Waals surface area (Å²) in [5.41, 5.74) is 0.792. The summed E-state index contributed by atoms with van der Waals surface area (Å²) in [6, 6.07) is 7.53. The lowest BCUT2D eigenvalue weighted by Gasteiger charge is -2.06. The largest absolute Gasteiger partial charge is 0.493 e. The molecule has 0 saturated heterocycles. The molecule has 0 aliphatic heterocycles. The lowest BCUT2D eigenvalue weighted by Crippen LogP contribution is -2.04. The molecule has 0 radical (unpaired) electrons. The van der Waals surface area contributed by atoms with Crippen LogP contribution in [0.3, 0.4) is 0 Å². The minimum absolute atomic E-state index is 0.351. The maximum atomic E-state index is 9.27. The molecule has 96 valence electrons. The molecule has 0 aliphatic carbocycles. The zero-order valence-electron chi connectivity index (χ0n) is 10.5. The van der Waals surface area contributed by atoms with Crippen molar-refractivity contribution in [2.24, 2.45) is 0 Å². The van der Waals surface area contributed by atoms with Gasteiger partial charge in [0.25, 0.3) is 0 Å². The highest BCUT2D eigenvalue weighted by atomic mass is 16.5. The highest BCUT2D eigenvalue weighted by Gasteiger charge is 2.13. The number of benzene rings is 1. The SMILES string of the molecule is CCOc1ccccc1-c1noc(CC(C)O)n1. The zero-order chi connectivity index (χ0) is 13.0. The molecule has 1 heterocycles. The molecule has 1 aromatic heterocycles. The van der Waals surface area contributed by atoms with Crippen LogP contribution in [0.15, 0.2) is 28.8 Å². The van der Waals surface area contributed by atoms with Gasteiger partial charge in [0.15, 0.2) is 0 Å². The quantitative estimate of drug-likeness (QED) is 0.877. The van der Waals surface area contributed by atoms with Crippen molar-refractivity contribution in [3.05, 3.63) is 30.2 Å². The first kappa shape index (κ1) is 12.6. The average Bonchev–Trinajstić information content (AvgIpc) is 2.77. The molecule has 0 spiro atoms. The number of nitrogens with zero attached hydrogens (tertiary/aromatic N) is 2. The summed E-state index contributed by atoms with van der Waals surface area (Å²) >= 11 is 0. The lowest BCUT2D eigenvalue weighted by molar-refractivity contribution is 0.181. The van der Waals surface area contributed by atoms with Gasteiger partial charge >= 0.3 is 0 Å². The van der Waals surface area contributed by atoms with Crippen molar-refractivity contribution in [3.63, 3.8) is 0 Å². The lowest BCUT2D eigenvalue weighted by atomic mass is 10.2. The van der Waals surface area contributed by atoms with E-state index in [1.165, 1.54) is 0 Å². The van der Waals surface area contributed by atoms with Gasteiger partial charge in [0.2, 0.25) is 11.7 Å². The summed E-state index contributed by atoms with van der Waals surface area (Å²) in [5.74, 6) is 1.63. The Kier molecular flexibility index (Phi) is 3.94. The van der Waals surface area contributed by atoms with Crippen LogP contribution in [0.5, 0.6) is 5.75 Å². The molecule has 1 unspecified atom stereocenters. The third-order valence-electron chi connectivity index (χ3n) is 2.37. The fraction of sp³-hybridized carbons (Fsp3) is 0.385. The first-order valence-electron chi connectivity index (χ1n) is 5.93. The van der Waals surface area contributed by atoms with E-state index in [0.717, 1.165) is 11.3 Å². The van der Waals surface area contributed by atoms with E-state index in [1.807, 2.05) is 31.2 Å². The van der Waals surface area contributed by atoms with Crippen LogP contribution in [0.25, 0.3) is 11.4 Å². The maximum absolute atomic E-state index is 9.27. The number of rotatable bonds is 5. The van der Waals surface area contributed by atoms with Gasteiger partial charge in [-0.3, -0.25) is 0 Å². The fourth-order valence-electron chi connectivity index (χ4n) is 1.63. The smallest absolute Gasteiger partial charge is 0.229 e. The Morgan fingerprint density at radius 1 is 1.39 bits per heavy atom. The van der Waals surface area contributed by atoms with Crippen molar-refractivity contribution in [2.75, 3.05) is 6.61 Å². The van der Waals surface area contributed by atoms with Crippen LogP contribution in [0.2, 0.25) is 0 Å². The molecule has 5 nitrogen and oxygen atoms in total. The van der Waals surface area contributed by atoms with E-state index in [4.69, 9.17) is 9.26 Å². The number of hydrogen-bond acceptors (Lipinski definition) is 5. The number of aliphatic hydroxyl groups is 1. The monoisotopic (exact) mass is 248 g/mol. The normalized spacial score (nSPS) is 12.4. The van der Waals surface area contributed by atoms with Crippen LogP contribution < -0.4 is 4.74 Å². The van der Waals surface area contributed by atoms with Crippen LogP contribution in [0.4, 0.5) is 0 Å². The minimum Gasteiger partial charge on any atom is -0.493 e. The highest BCUT2D eigenvalue weighted by Crippen LogP contribution is 2.27. The summed E-state index contributed by atoms with van der Waals surface area (Å²) in [7, 11) is 0. The molecule has 0 amide bonds. The molecule has 1 N–H and O–H groups in total. The second kappa shape index (κ2) is 5.64. The van der Waals surface area contributed by atoms with Gasteiger partial charge in [-0.25, -0.2) is 0 Å². The minimum atomic E-state index is -0.500. The Hall–Kier alpha value is -1.88. The second-order valence-electron chi connectivity index (χ2n) is 3.99. The van der Waals surface area contributed by atoms with Crippen LogP contribution in [-0.4, -0.2) is 28.0 Å². The molecule has 0 saturated carbocycles. The highest BCUT2D eigenvalue weighted by molar-refractivity contribution is 5.63. The van der Waals surface area contributed by atoms with E-state index in [-0.39, 0.29) is 0 Å². The number of aromatic nitrogens is 2. The van der Waals surface area contributed by atoms with Crippen molar-refractivity contribution in [1.29, 1.82) is 0 Å². The van der Waals surface area contributed by atoms with E-state index < -0.39 is 6.10 Å². The van der Waals surface area contributed by atoms with Crippen LogP contribution >= 0.6 is 0 Å². The first-order chi connectivity index (χ1) is 8.70. The molecule has 5 heteroatoms. The summed E-state index contributed by atoms with van der Waals surface area (Å²) < 4.78 is 10.6. The maximum Gasteiger partial charge on any atom is 0.229 e. The Morgan fingerprint density at radius 2 is 2.17 bits per heavy atom. The number of para-hydroxylation sites is 1. The molecule has 0 fully saturated rings. The molecule has 2 rings (SSSR count). The Balaban J connectivity index is 2.28. The molecule has 0 bridgehead atoms. The topological polar surface area (TPSA) is 68.4 Å². The summed E-state index contributed by atoms with van der Waals surface area (Å²) in [5, 5.41) is 13.2. The second-order valence-corrected chi connectivity index (χ2v) is 3.99. The Labute approximate surface area is 105 Å². The predicted octanol–water partition coefficient (Wildman–Crippen LogP) is 2.06. The van der Waals surface area contributed by atoms with E-state index in [2.05, 4.69) is 10.1 Å². The van der Waals surface area contributed by atoms with Crippen molar-refractivity contribution in [1.82, 2.24) is 10.1 Å². The third kappa shape index (κ3) is 2.87. The zero-order valence-corrected chi connectivity index (χ0v) is 10.5. The standard InChI is InChI=1S/C13H16N2O3/c1-3-17-11-7-5-4-6-10(11)13-14-12(18-15-13)8-9(2)16/h4-7,9,16H,3,8H2,1-2H3. The molecule has 1 atom stereocenters. The van der Waals surface area contributed by atoms with Crippen LogP contribution in [-0.2, 0) is 6.42 Å². The average molecular weight is 248 g/mol. The van der Waals surface area contributed by atoms with Crippen molar-refractivity contribution >= 4 is 0 Å². The number of ether oxygens (including phenoxy) is 1. The molecule has 0 aliphatic rings. The molecular formula is C13H16N2O3. The van der Waals surface area contributed by atoms with Gasteiger partial charge in [0.1, 0.15) is 5.75 Å². The van der Waals surface area contributed by atoms with E-state index in [1.54, 1.807) is 6.92 Å². The van der Waals surface area contributed by atoms with Gasteiger partial charge in [0, 0.05) is 0 Å². The Bertz CT molecular complexity index is 508. The number of aliphatic hydroxyl groups excluding tert-OH is 1. The fourth-order valence-corrected chi connectivity index (χ4v) is 1.63. The van der Waals surface area contributed by atoms with E-state index in [0.29, 0.717) is 24.7 Å². The summed E-state index contributed by atoms with van der Waals surface area (Å²) in [6.07, 6.45) is -0.149. The summed E-state index contributed by atoms with van der Waals surface area (Å²) in [6.45, 7) is 4.18. The van der Waals surface area contributed by atoms with Gasteiger partial charge in [-0.05, 0) is 26.0 Å². The van der Waals surface area contributed by atoms with Gasteiger partial charge in [-0.1, -0.05) is 17.3 Å². The van der Waals surface area contributed by atoms with E-state index in [9.17, 15) is 5.11 Å². The van der Waals surface area contributed by atoms with Gasteiger partial charge in [-0.2, -0.15) is 4.98 Å². The van der Waals surface area contributed by atoms with Crippen molar-refractivity contribution in [2.45, 2.75) is 26.4 Å². The number of hydrogen-bond donors (Lipinski definition) is 1. The van der Waals surface area contributed by atoms with Crippen LogP contribution in [0, 0.1) is 0 Å². The first-order valence-corrected chi connectivity index (χ1v) is 5.93. The van der Waals surface area contributed by atoms with Crippen molar-refractivity contribution in [3.8, 4) is 17.1 Å². The predicted molar refractivity (Wildman–Crippen MR) is 66.3 cm³/mol. The molecule has 2 aromatic rings. The third-order valence-corrected chi connectivity index (χ3v) is 2.37. The molecule has 1 aromatic carbocycles. The van der Waals surface area contributed by atoms with E-state index >= 15 is 0 Å². The Morgan fingerprint density at radius 3 is 2.89 bits per heavy atom. The van der Waals surface area contributed by atoms with Crippen molar-refractivity contribution < 1.29 is 14.4 Å². The van der Waals surface area contributed by atoms with Crippen LogP contribution in [0.1, 0.15) is 19.7 Å². The summed E-state index contributed by atoms with van der Waals surface area (Å²) in [4.78, 5) is 4.25. The van der Waals surface area contributed by atoms with Gasteiger partial charge in [-0.15, -0.1) is 0 Å². The van der Waals surface area contributed by atoms with Gasteiger partial charge in [0.05, 0.1) is 24.7 Å². The van der Waals surface area contributed by atoms with Gasteiger partial charge < -0.3 is 14.4 Å².